The summed E-state index contributed by atoms with van der Waals surface area (Å²) in [4.78, 5) is 13.1. The fourth-order valence-corrected chi connectivity index (χ4v) is 4.25. The zero-order valence-corrected chi connectivity index (χ0v) is 19.3. The Balaban J connectivity index is 1.80. The molecule has 1 atom stereocenters. The molecule has 32 heavy (non-hydrogen) atoms. The number of amides is 1. The number of aryl methyl sites for hydroxylation is 3. The molecule has 0 aromatic heterocycles. The Morgan fingerprint density at radius 2 is 1.62 bits per heavy atom. The first-order valence-electron chi connectivity index (χ1n) is 10.4. The Morgan fingerprint density at radius 3 is 2.25 bits per heavy atom. The Morgan fingerprint density at radius 1 is 0.938 bits per heavy atom. The van der Waals surface area contributed by atoms with Crippen molar-refractivity contribution in [1.29, 1.82) is 0 Å². The third-order valence-corrected chi connectivity index (χ3v) is 6.47. The van der Waals surface area contributed by atoms with E-state index in [9.17, 15) is 13.2 Å². The summed E-state index contributed by atoms with van der Waals surface area (Å²) in [7, 11) is -3.93. The molecule has 3 aromatic carbocycles. The van der Waals surface area contributed by atoms with Gasteiger partial charge in [0.2, 0.25) is 15.9 Å². The van der Waals surface area contributed by atoms with E-state index in [1.807, 2.05) is 51.1 Å². The molecule has 0 fully saturated rings. The van der Waals surface area contributed by atoms with E-state index >= 15 is 0 Å². The number of hydrogen-bond acceptors (Lipinski definition) is 4. The van der Waals surface area contributed by atoms with Crippen molar-refractivity contribution >= 4 is 21.6 Å². The summed E-state index contributed by atoms with van der Waals surface area (Å²) in [5.41, 5.74) is 3.67. The van der Waals surface area contributed by atoms with Gasteiger partial charge in [0, 0.05) is 5.69 Å². The number of carbonyl (C=O) groups is 1. The summed E-state index contributed by atoms with van der Waals surface area (Å²) in [6.07, 6.45) is 0.886. The second-order valence-electron chi connectivity index (χ2n) is 7.65. The van der Waals surface area contributed by atoms with Crippen LogP contribution in [0, 0.1) is 13.8 Å². The molecule has 0 bridgehead atoms. The SMILES string of the molecule is CCc1ccc(NC(=O)C(COc2cccc(C)c2)NS(=O)(=O)c2ccc(C)cc2)cc1. The van der Waals surface area contributed by atoms with Crippen LogP contribution in [0.1, 0.15) is 23.6 Å². The monoisotopic (exact) mass is 452 g/mol. The number of rotatable bonds is 9. The van der Waals surface area contributed by atoms with Crippen molar-refractivity contribution in [3.05, 3.63) is 89.5 Å². The van der Waals surface area contributed by atoms with Gasteiger partial charge in [0.05, 0.1) is 4.90 Å². The number of anilines is 1. The van der Waals surface area contributed by atoms with Crippen LogP contribution in [0.2, 0.25) is 0 Å². The van der Waals surface area contributed by atoms with Gasteiger partial charge in [-0.2, -0.15) is 4.72 Å². The molecule has 1 unspecified atom stereocenters. The number of hydrogen-bond donors (Lipinski definition) is 2. The van der Waals surface area contributed by atoms with E-state index in [-0.39, 0.29) is 11.5 Å². The zero-order valence-electron chi connectivity index (χ0n) is 18.5. The maximum absolute atomic E-state index is 13.0. The van der Waals surface area contributed by atoms with Gasteiger partial charge in [0.25, 0.3) is 0 Å². The fourth-order valence-electron chi connectivity index (χ4n) is 3.07. The van der Waals surface area contributed by atoms with Gasteiger partial charge in [-0.1, -0.05) is 48.9 Å². The van der Waals surface area contributed by atoms with Crippen LogP contribution in [-0.2, 0) is 21.2 Å². The van der Waals surface area contributed by atoms with E-state index in [1.165, 1.54) is 12.1 Å². The van der Waals surface area contributed by atoms with Crippen LogP contribution in [0.5, 0.6) is 5.75 Å². The number of carbonyl (C=O) groups excluding carboxylic acids is 1. The maximum Gasteiger partial charge on any atom is 0.246 e. The van der Waals surface area contributed by atoms with E-state index in [2.05, 4.69) is 10.0 Å². The van der Waals surface area contributed by atoms with Crippen molar-refractivity contribution < 1.29 is 17.9 Å². The normalized spacial score (nSPS) is 12.2. The Labute approximate surface area is 189 Å². The summed E-state index contributed by atoms with van der Waals surface area (Å²) in [5.74, 6) is 0.0576. The molecule has 3 rings (SSSR count). The highest BCUT2D eigenvalue weighted by Crippen LogP contribution is 2.16. The lowest BCUT2D eigenvalue weighted by atomic mass is 10.1. The second kappa shape index (κ2) is 10.4. The molecule has 0 aliphatic heterocycles. The third-order valence-electron chi connectivity index (χ3n) is 4.98. The Bertz CT molecular complexity index is 1160. The predicted molar refractivity (Wildman–Crippen MR) is 126 cm³/mol. The Kier molecular flexibility index (Phi) is 7.66. The standard InChI is InChI=1S/C25H28N2O4S/c1-4-20-10-12-21(13-11-20)26-25(28)24(17-31-22-7-5-6-19(3)16-22)27-32(29,30)23-14-8-18(2)9-15-23/h5-16,24,27H,4,17H2,1-3H3,(H,26,28). The van der Waals surface area contributed by atoms with Crippen molar-refractivity contribution in [1.82, 2.24) is 4.72 Å². The molecule has 7 heteroatoms. The highest BCUT2D eigenvalue weighted by Gasteiger charge is 2.27. The van der Waals surface area contributed by atoms with Crippen LogP contribution < -0.4 is 14.8 Å². The number of nitrogens with one attached hydrogen (secondary N) is 2. The van der Waals surface area contributed by atoms with Crippen LogP contribution in [0.25, 0.3) is 0 Å². The predicted octanol–water partition coefficient (Wildman–Crippen LogP) is 4.23. The summed E-state index contributed by atoms with van der Waals surface area (Å²) in [5, 5.41) is 2.78. The highest BCUT2D eigenvalue weighted by molar-refractivity contribution is 7.89. The van der Waals surface area contributed by atoms with E-state index in [0.717, 1.165) is 23.1 Å². The van der Waals surface area contributed by atoms with Gasteiger partial charge in [0.1, 0.15) is 18.4 Å². The van der Waals surface area contributed by atoms with Gasteiger partial charge in [-0.05, 0) is 67.8 Å². The average molecular weight is 453 g/mol. The van der Waals surface area contributed by atoms with Gasteiger partial charge in [-0.3, -0.25) is 4.79 Å². The van der Waals surface area contributed by atoms with Gasteiger partial charge in [0.15, 0.2) is 0 Å². The van der Waals surface area contributed by atoms with Crippen LogP contribution in [0.3, 0.4) is 0 Å². The summed E-state index contributed by atoms with van der Waals surface area (Å²) in [6, 6.07) is 20.1. The van der Waals surface area contributed by atoms with Crippen molar-refractivity contribution in [3.63, 3.8) is 0 Å². The molecule has 0 aliphatic rings. The van der Waals surface area contributed by atoms with Crippen molar-refractivity contribution in [2.45, 2.75) is 38.1 Å². The molecule has 3 aromatic rings. The largest absolute Gasteiger partial charge is 0.491 e. The first-order chi connectivity index (χ1) is 15.3. The van der Waals surface area contributed by atoms with Gasteiger partial charge >= 0.3 is 0 Å². The molecule has 2 N–H and O–H groups in total. The first-order valence-corrected chi connectivity index (χ1v) is 11.9. The van der Waals surface area contributed by atoms with Crippen molar-refractivity contribution in [2.75, 3.05) is 11.9 Å². The molecule has 0 aliphatic carbocycles. The van der Waals surface area contributed by atoms with E-state index in [4.69, 9.17) is 4.74 Å². The van der Waals surface area contributed by atoms with Gasteiger partial charge < -0.3 is 10.1 Å². The second-order valence-corrected chi connectivity index (χ2v) is 9.37. The lowest BCUT2D eigenvalue weighted by Crippen LogP contribution is -2.47. The quantitative estimate of drug-likeness (QED) is 0.509. The minimum absolute atomic E-state index is 0.0868. The summed E-state index contributed by atoms with van der Waals surface area (Å²) in [6.45, 7) is 5.69. The van der Waals surface area contributed by atoms with Crippen LogP contribution in [0.4, 0.5) is 5.69 Å². The molecular formula is C25H28N2O4S. The number of ether oxygens (including phenoxy) is 1. The van der Waals surface area contributed by atoms with Crippen LogP contribution in [0.15, 0.2) is 77.7 Å². The summed E-state index contributed by atoms with van der Waals surface area (Å²) < 4.78 is 34.1. The molecule has 0 radical (unpaired) electrons. The van der Waals surface area contributed by atoms with E-state index < -0.39 is 22.0 Å². The molecule has 0 spiro atoms. The zero-order chi connectivity index (χ0) is 23.1. The molecule has 6 nitrogen and oxygen atoms in total. The molecule has 0 saturated heterocycles. The molecule has 0 saturated carbocycles. The molecule has 168 valence electrons. The highest BCUT2D eigenvalue weighted by atomic mass is 32.2. The first kappa shape index (κ1) is 23.5. The molecule has 1 amide bonds. The average Bonchev–Trinajstić information content (AvgIpc) is 2.77. The van der Waals surface area contributed by atoms with Gasteiger partial charge in [-0.15, -0.1) is 0 Å². The molecule has 0 heterocycles. The Hall–Kier alpha value is -3.16. The fraction of sp³-hybridized carbons (Fsp3) is 0.240. The van der Waals surface area contributed by atoms with E-state index in [0.29, 0.717) is 11.4 Å². The van der Waals surface area contributed by atoms with Crippen LogP contribution in [-0.4, -0.2) is 27.0 Å². The van der Waals surface area contributed by atoms with Gasteiger partial charge in [-0.25, -0.2) is 8.42 Å². The van der Waals surface area contributed by atoms with Crippen molar-refractivity contribution in [3.8, 4) is 5.75 Å². The van der Waals surface area contributed by atoms with Crippen molar-refractivity contribution in [2.24, 2.45) is 0 Å². The topological polar surface area (TPSA) is 84.5 Å². The minimum Gasteiger partial charge on any atom is -0.491 e. The number of sulfonamides is 1. The maximum atomic E-state index is 13.0. The number of benzene rings is 3. The lowest BCUT2D eigenvalue weighted by molar-refractivity contribution is -0.118. The molecular weight excluding hydrogens is 424 g/mol. The smallest absolute Gasteiger partial charge is 0.246 e. The van der Waals surface area contributed by atoms with Crippen LogP contribution >= 0.6 is 0 Å². The lowest BCUT2D eigenvalue weighted by Gasteiger charge is -2.19. The summed E-state index contributed by atoms with van der Waals surface area (Å²) >= 11 is 0. The minimum atomic E-state index is -3.93. The third kappa shape index (κ3) is 6.42. The van der Waals surface area contributed by atoms with E-state index in [1.54, 1.807) is 30.3 Å².